The van der Waals surface area contributed by atoms with Gasteiger partial charge >= 0.3 is 0 Å². The summed E-state index contributed by atoms with van der Waals surface area (Å²) in [7, 11) is 0. The molecule has 0 aliphatic carbocycles. The number of carbonyl (C=O) groups is 1. The molecular weight excluding hydrogens is 400 g/mol. The van der Waals surface area contributed by atoms with Crippen LogP contribution in [0.4, 0.5) is 5.69 Å². The molecule has 0 saturated carbocycles. The van der Waals surface area contributed by atoms with Crippen molar-refractivity contribution in [3.8, 4) is 11.8 Å². The molecule has 3 N–H and O–H groups in total. The topological polar surface area (TPSA) is 86.2 Å². The van der Waals surface area contributed by atoms with Gasteiger partial charge in [-0.3, -0.25) is 4.79 Å². The molecule has 0 atom stereocenters. The van der Waals surface area contributed by atoms with E-state index in [1.807, 2.05) is 30.3 Å². The second-order valence-corrected chi connectivity index (χ2v) is 7.41. The first-order valence-corrected chi connectivity index (χ1v) is 10.4. The maximum absolute atomic E-state index is 12.3. The zero-order valence-corrected chi connectivity index (χ0v) is 17.5. The zero-order valence-electron chi connectivity index (χ0n) is 16.7. The standard InChI is InChI=1S/C23H25ClN4O2/c24-20-6-7-22-18(14-20)13-19(16-30-22)23(29)28-9-2-1-8-26-10-11-27-21-5-3-4-17(12-21)15-25/h3-7,12-14,26-27H,1-2,8-11,16H2,(H,28,29). The third kappa shape index (κ3) is 6.51. The summed E-state index contributed by atoms with van der Waals surface area (Å²) in [6.07, 6.45) is 3.70. The van der Waals surface area contributed by atoms with Gasteiger partial charge in [0.1, 0.15) is 12.4 Å². The summed E-state index contributed by atoms with van der Waals surface area (Å²) in [4.78, 5) is 12.3. The predicted molar refractivity (Wildman–Crippen MR) is 120 cm³/mol. The number of amides is 1. The van der Waals surface area contributed by atoms with Gasteiger partial charge in [0.2, 0.25) is 0 Å². The highest BCUT2D eigenvalue weighted by Crippen LogP contribution is 2.28. The van der Waals surface area contributed by atoms with E-state index < -0.39 is 0 Å². The van der Waals surface area contributed by atoms with Crippen LogP contribution in [0, 0.1) is 11.3 Å². The Bertz CT molecular complexity index is 952. The molecule has 6 nitrogen and oxygen atoms in total. The number of fused-ring (bicyclic) bond motifs is 1. The minimum Gasteiger partial charge on any atom is -0.488 e. The van der Waals surface area contributed by atoms with Crippen LogP contribution in [0.25, 0.3) is 6.08 Å². The number of carbonyl (C=O) groups excluding carboxylic acids is 1. The van der Waals surface area contributed by atoms with Crippen LogP contribution in [-0.2, 0) is 4.79 Å². The number of nitrogens with one attached hydrogen (secondary N) is 3. The Morgan fingerprint density at radius 2 is 1.97 bits per heavy atom. The molecule has 0 bridgehead atoms. The van der Waals surface area contributed by atoms with Crippen molar-refractivity contribution in [2.45, 2.75) is 12.8 Å². The number of hydrogen-bond donors (Lipinski definition) is 3. The molecule has 7 heteroatoms. The van der Waals surface area contributed by atoms with E-state index in [1.165, 1.54) is 0 Å². The van der Waals surface area contributed by atoms with Gasteiger partial charge in [-0.05, 0) is 61.9 Å². The fourth-order valence-corrected chi connectivity index (χ4v) is 3.27. The second-order valence-electron chi connectivity index (χ2n) is 6.97. The van der Waals surface area contributed by atoms with E-state index in [2.05, 4.69) is 22.0 Å². The van der Waals surface area contributed by atoms with Gasteiger partial charge < -0.3 is 20.7 Å². The van der Waals surface area contributed by atoms with Gasteiger partial charge in [0.25, 0.3) is 5.91 Å². The van der Waals surface area contributed by atoms with Crippen molar-refractivity contribution >= 4 is 29.3 Å². The van der Waals surface area contributed by atoms with Gasteiger partial charge in [-0.15, -0.1) is 0 Å². The van der Waals surface area contributed by atoms with Crippen LogP contribution < -0.4 is 20.7 Å². The van der Waals surface area contributed by atoms with Crippen LogP contribution in [-0.4, -0.2) is 38.7 Å². The number of nitriles is 1. The van der Waals surface area contributed by atoms with Crippen LogP contribution >= 0.6 is 11.6 Å². The lowest BCUT2D eigenvalue weighted by Crippen LogP contribution is -2.30. The van der Waals surface area contributed by atoms with Gasteiger partial charge in [-0.25, -0.2) is 0 Å². The molecule has 0 fully saturated rings. The van der Waals surface area contributed by atoms with E-state index in [1.54, 1.807) is 18.2 Å². The first-order valence-electron chi connectivity index (χ1n) is 10.0. The Morgan fingerprint density at radius 3 is 2.83 bits per heavy atom. The molecule has 0 saturated heterocycles. The van der Waals surface area contributed by atoms with Crippen molar-refractivity contribution in [2.24, 2.45) is 0 Å². The molecule has 0 spiro atoms. The number of unbranched alkanes of at least 4 members (excludes halogenated alkanes) is 1. The van der Waals surface area contributed by atoms with E-state index in [4.69, 9.17) is 21.6 Å². The number of benzene rings is 2. The average molecular weight is 425 g/mol. The number of halogens is 1. The molecular formula is C23H25ClN4O2. The fraction of sp³-hybridized carbons (Fsp3) is 0.304. The van der Waals surface area contributed by atoms with Crippen LogP contribution in [0.1, 0.15) is 24.0 Å². The van der Waals surface area contributed by atoms with E-state index >= 15 is 0 Å². The quantitative estimate of drug-likeness (QED) is 0.507. The fourth-order valence-electron chi connectivity index (χ4n) is 3.09. The smallest absolute Gasteiger partial charge is 0.250 e. The molecule has 156 valence electrons. The van der Waals surface area contributed by atoms with Crippen molar-refractivity contribution in [3.63, 3.8) is 0 Å². The molecule has 3 rings (SSSR count). The summed E-state index contributed by atoms with van der Waals surface area (Å²) in [6.45, 7) is 3.39. The first kappa shape index (κ1) is 21.7. The number of hydrogen-bond acceptors (Lipinski definition) is 5. The van der Waals surface area contributed by atoms with Gasteiger partial charge in [0.05, 0.1) is 17.2 Å². The van der Waals surface area contributed by atoms with Gasteiger partial charge in [-0.1, -0.05) is 17.7 Å². The molecule has 1 aliphatic heterocycles. The first-order chi connectivity index (χ1) is 14.7. The average Bonchev–Trinajstić information content (AvgIpc) is 2.77. The Balaban J connectivity index is 1.26. The number of nitrogens with zero attached hydrogens (tertiary/aromatic N) is 1. The van der Waals surface area contributed by atoms with Crippen molar-refractivity contribution in [2.75, 3.05) is 38.1 Å². The lowest BCUT2D eigenvalue weighted by Gasteiger charge is -2.17. The molecule has 1 amide bonds. The van der Waals surface area contributed by atoms with Gasteiger partial charge in [0, 0.05) is 35.9 Å². The highest BCUT2D eigenvalue weighted by molar-refractivity contribution is 6.30. The number of ether oxygens (including phenoxy) is 1. The minimum atomic E-state index is -0.0996. The third-order valence-electron chi connectivity index (χ3n) is 4.66. The Hall–Kier alpha value is -3.01. The SMILES string of the molecule is N#Cc1cccc(NCCNCCCCNC(=O)C2=Cc3cc(Cl)ccc3OC2)c1. The highest BCUT2D eigenvalue weighted by Gasteiger charge is 2.17. The normalized spacial score (nSPS) is 12.2. The molecule has 1 aliphatic rings. The predicted octanol–water partition coefficient (Wildman–Crippen LogP) is 3.59. The third-order valence-corrected chi connectivity index (χ3v) is 4.90. The number of rotatable bonds is 10. The summed E-state index contributed by atoms with van der Waals surface area (Å²) >= 11 is 6.00. The van der Waals surface area contributed by atoms with Crippen molar-refractivity contribution in [3.05, 3.63) is 64.2 Å². The minimum absolute atomic E-state index is 0.0996. The Morgan fingerprint density at radius 1 is 1.10 bits per heavy atom. The van der Waals surface area contributed by atoms with Crippen molar-refractivity contribution in [1.82, 2.24) is 10.6 Å². The lowest BCUT2D eigenvalue weighted by atomic mass is 10.1. The summed E-state index contributed by atoms with van der Waals surface area (Å²) in [5.74, 6) is 0.645. The molecule has 1 heterocycles. The molecule has 2 aromatic carbocycles. The zero-order chi connectivity index (χ0) is 21.2. The van der Waals surface area contributed by atoms with Crippen LogP contribution in [0.2, 0.25) is 5.02 Å². The molecule has 2 aromatic rings. The van der Waals surface area contributed by atoms with Crippen LogP contribution in [0.5, 0.6) is 5.75 Å². The molecule has 30 heavy (non-hydrogen) atoms. The van der Waals surface area contributed by atoms with E-state index in [-0.39, 0.29) is 12.5 Å². The lowest BCUT2D eigenvalue weighted by molar-refractivity contribution is -0.117. The van der Waals surface area contributed by atoms with Crippen LogP contribution in [0.15, 0.2) is 48.0 Å². The van der Waals surface area contributed by atoms with E-state index in [0.717, 1.165) is 49.5 Å². The van der Waals surface area contributed by atoms with Crippen molar-refractivity contribution < 1.29 is 9.53 Å². The molecule has 0 unspecified atom stereocenters. The molecule has 0 aromatic heterocycles. The number of anilines is 1. The highest BCUT2D eigenvalue weighted by atomic mass is 35.5. The van der Waals surface area contributed by atoms with Crippen LogP contribution in [0.3, 0.4) is 0 Å². The van der Waals surface area contributed by atoms with Gasteiger partial charge in [-0.2, -0.15) is 5.26 Å². The largest absolute Gasteiger partial charge is 0.488 e. The second kappa shape index (κ2) is 11.2. The van der Waals surface area contributed by atoms with E-state index in [9.17, 15) is 4.79 Å². The summed E-state index contributed by atoms with van der Waals surface area (Å²) < 4.78 is 5.62. The maximum Gasteiger partial charge on any atom is 0.250 e. The Labute approximate surface area is 181 Å². The maximum atomic E-state index is 12.3. The van der Waals surface area contributed by atoms with Crippen molar-refractivity contribution in [1.29, 1.82) is 5.26 Å². The van der Waals surface area contributed by atoms with E-state index in [0.29, 0.717) is 22.7 Å². The summed E-state index contributed by atoms with van der Waals surface area (Å²) in [6, 6.07) is 15.0. The summed E-state index contributed by atoms with van der Waals surface area (Å²) in [5, 5.41) is 19.1. The summed E-state index contributed by atoms with van der Waals surface area (Å²) in [5.41, 5.74) is 3.04. The van der Waals surface area contributed by atoms with Gasteiger partial charge in [0.15, 0.2) is 0 Å². The Kier molecular flexibility index (Phi) is 8.13. The monoisotopic (exact) mass is 424 g/mol. The molecule has 0 radical (unpaired) electrons.